The van der Waals surface area contributed by atoms with E-state index >= 15 is 0 Å². The highest BCUT2D eigenvalue weighted by Gasteiger charge is 2.50. The average molecular weight is 433 g/mol. The zero-order valence-corrected chi connectivity index (χ0v) is 17.2. The van der Waals surface area contributed by atoms with Crippen molar-refractivity contribution < 1.29 is 21.6 Å². The number of piperidine rings is 1. The summed E-state index contributed by atoms with van der Waals surface area (Å²) in [5, 5.41) is 6.58. The Morgan fingerprint density at radius 2 is 1.83 bits per heavy atom. The lowest BCUT2D eigenvalue weighted by Crippen LogP contribution is -2.54. The molecule has 1 aliphatic carbocycles. The second-order valence-corrected chi connectivity index (χ2v) is 9.62. The Morgan fingerprint density at radius 1 is 1.21 bits per heavy atom. The molecule has 6 nitrogen and oxygen atoms in total. The lowest BCUT2D eigenvalue weighted by atomic mass is 9.64. The van der Waals surface area contributed by atoms with Gasteiger partial charge in [-0.25, -0.2) is 8.42 Å². The smallest absolute Gasteiger partial charge is 0.356 e. The van der Waals surface area contributed by atoms with E-state index in [-0.39, 0.29) is 24.5 Å². The fraction of sp³-hybridized carbons (Fsp3) is 0.632. The van der Waals surface area contributed by atoms with Crippen LogP contribution in [0.5, 0.6) is 0 Å². The van der Waals surface area contributed by atoms with Crippen LogP contribution < -0.4 is 10.6 Å². The van der Waals surface area contributed by atoms with Crippen LogP contribution in [0.2, 0.25) is 0 Å². The van der Waals surface area contributed by atoms with E-state index in [1.807, 2.05) is 18.2 Å². The molecular formula is C19H27F3N4O2S. The molecule has 2 aliphatic rings. The highest BCUT2D eigenvalue weighted by molar-refractivity contribution is 7.90. The van der Waals surface area contributed by atoms with E-state index in [4.69, 9.17) is 0 Å². The van der Waals surface area contributed by atoms with Crippen LogP contribution in [0.1, 0.15) is 37.7 Å². The molecule has 1 aliphatic heterocycles. The van der Waals surface area contributed by atoms with Crippen LogP contribution in [-0.2, 0) is 15.4 Å². The Labute approximate surface area is 169 Å². The first-order chi connectivity index (χ1) is 13.7. The van der Waals surface area contributed by atoms with Crippen molar-refractivity contribution in [3.63, 3.8) is 0 Å². The van der Waals surface area contributed by atoms with Crippen LogP contribution in [0.25, 0.3) is 0 Å². The third kappa shape index (κ3) is 4.69. The summed E-state index contributed by atoms with van der Waals surface area (Å²) in [6.07, 6.45) is 3.94. The molecule has 1 aromatic rings. The molecule has 1 saturated heterocycles. The number of sulfonamides is 1. The minimum atomic E-state index is -5.25. The van der Waals surface area contributed by atoms with Crippen LogP contribution in [-0.4, -0.2) is 56.9 Å². The SMILES string of the molecule is CN=C(NCC1(c2ccccc2)CCC1)NC1CCN(S(=O)(=O)C(F)(F)F)CC1. The molecular weight excluding hydrogens is 405 g/mol. The van der Waals surface area contributed by atoms with E-state index in [1.54, 1.807) is 7.05 Å². The summed E-state index contributed by atoms with van der Waals surface area (Å²) in [6, 6.07) is 10.2. The zero-order chi connectivity index (χ0) is 21.1. The van der Waals surface area contributed by atoms with Crippen molar-refractivity contribution in [2.24, 2.45) is 4.99 Å². The van der Waals surface area contributed by atoms with Gasteiger partial charge in [0.15, 0.2) is 5.96 Å². The Morgan fingerprint density at radius 3 is 2.31 bits per heavy atom. The first-order valence-corrected chi connectivity index (χ1v) is 11.2. The molecule has 1 aromatic carbocycles. The number of nitrogens with one attached hydrogen (secondary N) is 2. The maximum Gasteiger partial charge on any atom is 0.511 e. The molecule has 2 N–H and O–H groups in total. The second kappa shape index (κ2) is 8.51. The monoisotopic (exact) mass is 432 g/mol. The highest BCUT2D eigenvalue weighted by atomic mass is 32.2. The number of hydrogen-bond acceptors (Lipinski definition) is 3. The van der Waals surface area contributed by atoms with E-state index in [2.05, 4.69) is 27.8 Å². The van der Waals surface area contributed by atoms with Gasteiger partial charge in [-0.15, -0.1) is 0 Å². The summed E-state index contributed by atoms with van der Waals surface area (Å²) >= 11 is 0. The molecule has 0 spiro atoms. The molecule has 1 heterocycles. The topological polar surface area (TPSA) is 73.8 Å². The summed E-state index contributed by atoms with van der Waals surface area (Å²) in [5.41, 5.74) is -3.89. The van der Waals surface area contributed by atoms with Crippen molar-refractivity contribution in [2.75, 3.05) is 26.7 Å². The predicted octanol–water partition coefficient (Wildman–Crippen LogP) is 2.59. The van der Waals surface area contributed by atoms with E-state index in [0.29, 0.717) is 23.1 Å². The standard InChI is InChI=1S/C19H27F3N4O2S/c1-23-17(24-14-18(10-5-11-18)15-6-3-2-4-7-15)25-16-8-12-26(13-9-16)29(27,28)19(20,21)22/h2-4,6-7,16H,5,8-14H2,1H3,(H2,23,24,25). The average Bonchev–Trinajstić information content (AvgIpc) is 2.66. The Balaban J connectivity index is 1.53. The number of nitrogens with zero attached hydrogens (tertiary/aromatic N) is 2. The van der Waals surface area contributed by atoms with Gasteiger partial charge >= 0.3 is 15.5 Å². The first kappa shape index (κ1) is 21.9. The number of guanidine groups is 1. The molecule has 0 atom stereocenters. The van der Waals surface area contributed by atoms with Gasteiger partial charge in [-0.3, -0.25) is 4.99 Å². The van der Waals surface area contributed by atoms with Gasteiger partial charge < -0.3 is 10.6 Å². The highest BCUT2D eigenvalue weighted by Crippen LogP contribution is 2.43. The van der Waals surface area contributed by atoms with Gasteiger partial charge in [-0.1, -0.05) is 36.8 Å². The van der Waals surface area contributed by atoms with Crippen LogP contribution >= 0.6 is 0 Å². The van der Waals surface area contributed by atoms with Crippen LogP contribution in [0, 0.1) is 0 Å². The number of aliphatic imine (C=N–C) groups is 1. The first-order valence-electron chi connectivity index (χ1n) is 9.77. The molecule has 0 aromatic heterocycles. The molecule has 0 unspecified atom stereocenters. The maximum absolute atomic E-state index is 12.7. The Hall–Kier alpha value is -1.81. The number of benzene rings is 1. The third-order valence-electron chi connectivity index (χ3n) is 5.94. The van der Waals surface area contributed by atoms with Crippen molar-refractivity contribution in [1.82, 2.24) is 14.9 Å². The lowest BCUT2D eigenvalue weighted by Gasteiger charge is -2.43. The lowest BCUT2D eigenvalue weighted by molar-refractivity contribution is -0.0494. The minimum absolute atomic E-state index is 0.0725. The number of hydrogen-bond donors (Lipinski definition) is 2. The summed E-state index contributed by atoms with van der Waals surface area (Å²) in [7, 11) is -3.61. The predicted molar refractivity (Wildman–Crippen MR) is 106 cm³/mol. The van der Waals surface area contributed by atoms with Gasteiger partial charge in [-0.05, 0) is 31.2 Å². The van der Waals surface area contributed by atoms with Crippen LogP contribution in [0.4, 0.5) is 13.2 Å². The number of rotatable bonds is 5. The maximum atomic E-state index is 12.7. The molecule has 2 fully saturated rings. The Kier molecular flexibility index (Phi) is 6.42. The van der Waals surface area contributed by atoms with Gasteiger partial charge in [0.05, 0.1) is 0 Å². The van der Waals surface area contributed by atoms with Crippen LogP contribution in [0.15, 0.2) is 35.3 Å². The van der Waals surface area contributed by atoms with E-state index in [0.717, 1.165) is 19.4 Å². The molecule has 0 bridgehead atoms. The van der Waals surface area contributed by atoms with E-state index in [1.165, 1.54) is 12.0 Å². The van der Waals surface area contributed by atoms with Crippen molar-refractivity contribution in [1.29, 1.82) is 0 Å². The summed E-state index contributed by atoms with van der Waals surface area (Å²) in [5.74, 6) is 0.587. The molecule has 1 saturated carbocycles. The van der Waals surface area contributed by atoms with Gasteiger partial charge in [-0.2, -0.15) is 17.5 Å². The largest absolute Gasteiger partial charge is 0.511 e. The van der Waals surface area contributed by atoms with Crippen molar-refractivity contribution in [3.05, 3.63) is 35.9 Å². The van der Waals surface area contributed by atoms with Gasteiger partial charge in [0.2, 0.25) is 0 Å². The van der Waals surface area contributed by atoms with Gasteiger partial charge in [0.25, 0.3) is 0 Å². The molecule has 0 radical (unpaired) electrons. The van der Waals surface area contributed by atoms with Gasteiger partial charge in [0, 0.05) is 38.1 Å². The quantitative estimate of drug-likeness (QED) is 0.554. The zero-order valence-electron chi connectivity index (χ0n) is 16.4. The van der Waals surface area contributed by atoms with Crippen molar-refractivity contribution in [3.8, 4) is 0 Å². The summed E-state index contributed by atoms with van der Waals surface area (Å²) in [6.45, 7) is 0.396. The fourth-order valence-corrected chi connectivity index (χ4v) is 4.97. The van der Waals surface area contributed by atoms with E-state index < -0.39 is 15.5 Å². The second-order valence-electron chi connectivity index (χ2n) is 7.69. The molecule has 10 heteroatoms. The van der Waals surface area contributed by atoms with Crippen molar-refractivity contribution in [2.45, 2.75) is 49.1 Å². The fourth-order valence-electron chi connectivity index (χ4n) is 3.99. The minimum Gasteiger partial charge on any atom is -0.356 e. The Bertz CT molecular complexity index is 816. The molecule has 0 amide bonds. The normalized spacial score (nSPS) is 21.4. The van der Waals surface area contributed by atoms with E-state index in [9.17, 15) is 21.6 Å². The third-order valence-corrected chi connectivity index (χ3v) is 7.57. The summed E-state index contributed by atoms with van der Waals surface area (Å²) in [4.78, 5) is 4.23. The summed E-state index contributed by atoms with van der Waals surface area (Å²) < 4.78 is 61.7. The number of alkyl halides is 3. The molecule has 3 rings (SSSR count). The molecule has 29 heavy (non-hydrogen) atoms. The van der Waals surface area contributed by atoms with Crippen molar-refractivity contribution >= 4 is 16.0 Å². The van der Waals surface area contributed by atoms with Crippen LogP contribution in [0.3, 0.4) is 0 Å². The van der Waals surface area contributed by atoms with Gasteiger partial charge in [0.1, 0.15) is 0 Å². The number of halogens is 3. The molecule has 162 valence electrons.